The second-order valence-corrected chi connectivity index (χ2v) is 11.0. The lowest BCUT2D eigenvalue weighted by molar-refractivity contribution is -0.131. The number of nitrogens with zero attached hydrogens (tertiary/aromatic N) is 5. The second kappa shape index (κ2) is 13.0. The van der Waals surface area contributed by atoms with E-state index in [1.165, 1.54) is 11.8 Å². The van der Waals surface area contributed by atoms with Crippen molar-refractivity contribution in [3.05, 3.63) is 94.8 Å². The average Bonchev–Trinajstić information content (AvgIpc) is 3.00. The lowest BCUT2D eigenvalue weighted by Gasteiger charge is -2.36. The lowest BCUT2D eigenvalue weighted by atomic mass is 10.2. The Morgan fingerprint density at radius 2 is 1.66 bits per heavy atom. The molecule has 9 heteroatoms. The molecule has 5 rings (SSSR count). The lowest BCUT2D eigenvalue weighted by Crippen LogP contribution is -2.49. The molecule has 0 aliphatic carbocycles. The number of hydrogen-bond acceptors (Lipinski definition) is 6. The Bertz CT molecular complexity index is 1580. The third-order valence-electron chi connectivity index (χ3n) is 7.38. The van der Waals surface area contributed by atoms with Gasteiger partial charge in [0.1, 0.15) is 0 Å². The predicted molar refractivity (Wildman–Crippen MR) is 166 cm³/mol. The summed E-state index contributed by atoms with van der Waals surface area (Å²) >= 11 is 1.24. The van der Waals surface area contributed by atoms with Crippen LogP contribution in [-0.4, -0.2) is 64.7 Å². The smallest absolute Gasteiger partial charge is 0.262 e. The first-order valence-electron chi connectivity index (χ1n) is 14.0. The summed E-state index contributed by atoms with van der Waals surface area (Å²) < 4.78 is 1.56. The van der Waals surface area contributed by atoms with E-state index in [1.54, 1.807) is 21.6 Å². The van der Waals surface area contributed by atoms with Crippen molar-refractivity contribution in [1.29, 1.82) is 0 Å². The van der Waals surface area contributed by atoms with Gasteiger partial charge in [0.15, 0.2) is 5.16 Å². The van der Waals surface area contributed by atoms with Crippen molar-refractivity contribution in [3.8, 4) is 0 Å². The molecule has 2 heterocycles. The van der Waals surface area contributed by atoms with E-state index in [4.69, 9.17) is 4.98 Å². The molecule has 0 N–H and O–H groups in total. The highest BCUT2D eigenvalue weighted by Crippen LogP contribution is 2.22. The van der Waals surface area contributed by atoms with Crippen LogP contribution in [0.15, 0.2) is 88.8 Å². The Labute approximate surface area is 244 Å². The Balaban J connectivity index is 1.28. The van der Waals surface area contributed by atoms with Crippen molar-refractivity contribution in [1.82, 2.24) is 14.5 Å². The summed E-state index contributed by atoms with van der Waals surface area (Å²) in [5.41, 5.74) is 3.47. The number of benzene rings is 3. The van der Waals surface area contributed by atoms with Gasteiger partial charge in [0.05, 0.1) is 16.7 Å². The number of thioether (sulfide) groups is 1. The molecule has 3 aromatic carbocycles. The largest absolute Gasteiger partial charge is 0.368 e. The number of aryl methyl sites for hydroxylation is 1. The first-order chi connectivity index (χ1) is 19.9. The van der Waals surface area contributed by atoms with Gasteiger partial charge in [-0.1, -0.05) is 54.2 Å². The fourth-order valence-electron chi connectivity index (χ4n) is 5.18. The molecular formula is C32H35N5O3S. The number of amides is 2. The number of carbonyl (C=O) groups excluding carboxylic acids is 2. The van der Waals surface area contributed by atoms with Crippen LogP contribution >= 0.6 is 11.8 Å². The van der Waals surface area contributed by atoms with E-state index in [0.717, 1.165) is 30.0 Å². The van der Waals surface area contributed by atoms with E-state index in [1.807, 2.05) is 73.3 Å². The number of aromatic nitrogens is 2. The van der Waals surface area contributed by atoms with Gasteiger partial charge in [0.25, 0.3) is 5.56 Å². The monoisotopic (exact) mass is 569 g/mol. The van der Waals surface area contributed by atoms with E-state index >= 15 is 0 Å². The molecule has 2 amide bonds. The Hall–Kier alpha value is -4.11. The number of anilines is 2. The minimum atomic E-state index is -0.196. The van der Waals surface area contributed by atoms with Gasteiger partial charge in [-0.3, -0.25) is 19.0 Å². The van der Waals surface area contributed by atoms with Crippen LogP contribution in [0.5, 0.6) is 0 Å². The molecule has 0 unspecified atom stereocenters. The van der Waals surface area contributed by atoms with Gasteiger partial charge in [-0.25, -0.2) is 4.98 Å². The minimum Gasteiger partial charge on any atom is -0.368 e. The first kappa shape index (κ1) is 28.4. The van der Waals surface area contributed by atoms with Crippen LogP contribution in [-0.2, 0) is 16.1 Å². The van der Waals surface area contributed by atoms with Gasteiger partial charge >= 0.3 is 0 Å². The summed E-state index contributed by atoms with van der Waals surface area (Å²) in [7, 11) is 0. The van der Waals surface area contributed by atoms with Crippen LogP contribution < -0.4 is 15.4 Å². The summed E-state index contributed by atoms with van der Waals surface area (Å²) in [6, 6.07) is 25.3. The van der Waals surface area contributed by atoms with Crippen molar-refractivity contribution in [2.24, 2.45) is 0 Å². The molecule has 0 bridgehead atoms. The molecule has 1 aliphatic rings. The molecule has 1 fully saturated rings. The number of hydrogen-bond donors (Lipinski definition) is 0. The Morgan fingerprint density at radius 3 is 2.39 bits per heavy atom. The molecular weight excluding hydrogens is 534 g/mol. The predicted octanol–water partition coefficient (Wildman–Crippen LogP) is 4.59. The Morgan fingerprint density at radius 1 is 0.927 bits per heavy atom. The van der Waals surface area contributed by atoms with Gasteiger partial charge in [-0.2, -0.15) is 0 Å². The first-order valence-corrected chi connectivity index (χ1v) is 15.0. The summed E-state index contributed by atoms with van der Waals surface area (Å²) in [5, 5.41) is 0.950. The third-order valence-corrected chi connectivity index (χ3v) is 8.35. The number of rotatable bonds is 9. The quantitative estimate of drug-likeness (QED) is 0.217. The maximum atomic E-state index is 13.5. The van der Waals surface area contributed by atoms with Gasteiger partial charge in [0, 0.05) is 57.1 Å². The minimum absolute atomic E-state index is 0.0152. The topological polar surface area (TPSA) is 78.8 Å². The summed E-state index contributed by atoms with van der Waals surface area (Å²) in [5.74, 6) is 0.0768. The third kappa shape index (κ3) is 6.62. The van der Waals surface area contributed by atoms with Crippen LogP contribution in [0.2, 0.25) is 0 Å². The highest BCUT2D eigenvalue weighted by Gasteiger charge is 2.23. The molecule has 41 heavy (non-hydrogen) atoms. The maximum Gasteiger partial charge on any atom is 0.262 e. The normalized spacial score (nSPS) is 13.4. The number of para-hydroxylation sites is 2. The summed E-state index contributed by atoms with van der Waals surface area (Å²) in [4.78, 5) is 50.6. The van der Waals surface area contributed by atoms with Crippen molar-refractivity contribution in [2.45, 2.75) is 32.0 Å². The zero-order chi connectivity index (χ0) is 28.8. The van der Waals surface area contributed by atoms with Crippen LogP contribution in [0.3, 0.4) is 0 Å². The van der Waals surface area contributed by atoms with Crippen LogP contribution in [0, 0.1) is 6.92 Å². The molecule has 0 atom stereocenters. The highest BCUT2D eigenvalue weighted by molar-refractivity contribution is 7.99. The van der Waals surface area contributed by atoms with E-state index in [9.17, 15) is 14.4 Å². The molecule has 1 aliphatic heterocycles. The van der Waals surface area contributed by atoms with Gasteiger partial charge in [-0.15, -0.1) is 0 Å². The standard InChI is InChI=1S/C32H35N5O3S/c1-3-36(26-13-9-10-24(2)22-26)30(39)23-41-32-33-28-15-8-7-14-27(28)31(40)37(32)17-16-29(38)35-20-18-34(19-21-35)25-11-5-4-6-12-25/h4-15,22H,3,16-21,23H2,1-2H3. The van der Waals surface area contributed by atoms with Gasteiger partial charge in [0.2, 0.25) is 11.8 Å². The van der Waals surface area contributed by atoms with Crippen molar-refractivity contribution in [3.63, 3.8) is 0 Å². The molecule has 0 saturated carbocycles. The zero-order valence-electron chi connectivity index (χ0n) is 23.5. The SMILES string of the molecule is CCN(C(=O)CSc1nc2ccccc2c(=O)n1CCC(=O)N1CCN(c2ccccc2)CC1)c1cccc(C)c1. The van der Waals surface area contributed by atoms with Crippen LogP contribution in [0.1, 0.15) is 18.9 Å². The van der Waals surface area contributed by atoms with Crippen molar-refractivity contribution >= 4 is 45.9 Å². The van der Waals surface area contributed by atoms with Gasteiger partial charge < -0.3 is 14.7 Å². The Kier molecular flexibility index (Phi) is 9.04. The van der Waals surface area contributed by atoms with Crippen LogP contribution in [0.25, 0.3) is 10.9 Å². The highest BCUT2D eigenvalue weighted by atomic mass is 32.2. The average molecular weight is 570 g/mol. The van der Waals surface area contributed by atoms with E-state index in [-0.39, 0.29) is 36.1 Å². The van der Waals surface area contributed by atoms with Crippen LogP contribution in [0.4, 0.5) is 11.4 Å². The molecule has 1 aromatic heterocycles. The summed E-state index contributed by atoms with van der Waals surface area (Å²) in [6.45, 7) is 7.50. The van der Waals surface area contributed by atoms with Gasteiger partial charge in [-0.05, 0) is 55.8 Å². The molecule has 4 aromatic rings. The second-order valence-electron chi connectivity index (χ2n) is 10.1. The fourth-order valence-corrected chi connectivity index (χ4v) is 6.08. The molecule has 0 radical (unpaired) electrons. The molecule has 8 nitrogen and oxygen atoms in total. The van der Waals surface area contributed by atoms with E-state index in [2.05, 4.69) is 17.0 Å². The molecule has 1 saturated heterocycles. The number of carbonyl (C=O) groups is 2. The fraction of sp³-hybridized carbons (Fsp3) is 0.312. The van der Waals surface area contributed by atoms with E-state index in [0.29, 0.717) is 35.7 Å². The van der Waals surface area contributed by atoms with Crippen molar-refractivity contribution in [2.75, 3.05) is 48.3 Å². The van der Waals surface area contributed by atoms with E-state index < -0.39 is 0 Å². The number of fused-ring (bicyclic) bond motifs is 1. The number of piperazine rings is 1. The molecule has 0 spiro atoms. The zero-order valence-corrected chi connectivity index (χ0v) is 24.3. The molecule has 212 valence electrons. The van der Waals surface area contributed by atoms with Crippen molar-refractivity contribution < 1.29 is 9.59 Å². The summed E-state index contributed by atoms with van der Waals surface area (Å²) in [6.07, 6.45) is 0.192. The maximum absolute atomic E-state index is 13.5.